The Labute approximate surface area is 165 Å². The summed E-state index contributed by atoms with van der Waals surface area (Å²) in [5.41, 5.74) is 3.16. The van der Waals surface area contributed by atoms with Crippen molar-refractivity contribution < 1.29 is 14.3 Å². The minimum Gasteiger partial charge on any atom is -0.489 e. The Morgan fingerprint density at radius 1 is 1.38 bits per heavy atom. The third kappa shape index (κ3) is 6.20. The van der Waals surface area contributed by atoms with Crippen LogP contribution in [0.1, 0.15) is 12.5 Å². The smallest absolute Gasteiger partial charge is 0.280 e. The average Bonchev–Trinajstić information content (AvgIpc) is 2.61. The van der Waals surface area contributed by atoms with Crippen LogP contribution in [0.2, 0.25) is 5.02 Å². The monoisotopic (exact) mass is 436 g/mol. The molecule has 0 heterocycles. The summed E-state index contributed by atoms with van der Waals surface area (Å²) >= 11 is 9.29. The van der Waals surface area contributed by atoms with Gasteiger partial charge in [-0.1, -0.05) is 46.3 Å². The quantitative estimate of drug-likeness (QED) is 0.373. The summed E-state index contributed by atoms with van der Waals surface area (Å²) in [6.45, 7) is 5.62. The first-order valence-electron chi connectivity index (χ1n) is 7.78. The topological polar surface area (TPSA) is 59.9 Å². The molecule has 7 heteroatoms. The van der Waals surface area contributed by atoms with Crippen molar-refractivity contribution in [3.8, 4) is 11.5 Å². The SMILES string of the molecule is C=CCOc1ccc(Br)cc1/C=N\NC(=O)[C@H](C)Oc1cccc(Cl)c1. The molecule has 1 amide bonds. The van der Waals surface area contributed by atoms with Crippen molar-refractivity contribution in [2.24, 2.45) is 5.10 Å². The Morgan fingerprint density at radius 3 is 2.92 bits per heavy atom. The predicted octanol–water partition coefficient (Wildman–Crippen LogP) is 4.58. The van der Waals surface area contributed by atoms with Gasteiger partial charge in [0.25, 0.3) is 5.91 Å². The summed E-state index contributed by atoms with van der Waals surface area (Å²) < 4.78 is 12.0. The van der Waals surface area contributed by atoms with Gasteiger partial charge in [-0.15, -0.1) is 0 Å². The normalized spacial score (nSPS) is 11.8. The van der Waals surface area contributed by atoms with Gasteiger partial charge in [-0.2, -0.15) is 5.10 Å². The fourth-order valence-corrected chi connectivity index (χ4v) is 2.51. The lowest BCUT2D eigenvalue weighted by Gasteiger charge is -2.13. The molecule has 2 rings (SSSR count). The van der Waals surface area contributed by atoms with Crippen LogP contribution in [-0.4, -0.2) is 24.8 Å². The van der Waals surface area contributed by atoms with E-state index in [0.717, 1.165) is 4.47 Å². The van der Waals surface area contributed by atoms with Crippen molar-refractivity contribution in [1.82, 2.24) is 5.43 Å². The fraction of sp³-hybridized carbons (Fsp3) is 0.158. The van der Waals surface area contributed by atoms with Gasteiger partial charge >= 0.3 is 0 Å². The molecule has 2 aromatic rings. The maximum atomic E-state index is 12.1. The highest BCUT2D eigenvalue weighted by Crippen LogP contribution is 2.22. The van der Waals surface area contributed by atoms with Gasteiger partial charge in [0.1, 0.15) is 18.1 Å². The Kier molecular flexibility index (Phi) is 7.69. The molecule has 0 spiro atoms. The summed E-state index contributed by atoms with van der Waals surface area (Å²) in [5.74, 6) is 0.760. The number of hydrogen-bond donors (Lipinski definition) is 1. The summed E-state index contributed by atoms with van der Waals surface area (Å²) in [6, 6.07) is 12.3. The van der Waals surface area contributed by atoms with E-state index < -0.39 is 6.10 Å². The largest absolute Gasteiger partial charge is 0.489 e. The molecule has 0 aliphatic carbocycles. The van der Waals surface area contributed by atoms with Crippen LogP contribution in [0.25, 0.3) is 0 Å². The summed E-state index contributed by atoms with van der Waals surface area (Å²) in [7, 11) is 0. The maximum Gasteiger partial charge on any atom is 0.280 e. The zero-order valence-corrected chi connectivity index (χ0v) is 16.5. The lowest BCUT2D eigenvalue weighted by Crippen LogP contribution is -2.33. The van der Waals surface area contributed by atoms with Crippen LogP contribution in [0, 0.1) is 0 Å². The van der Waals surface area contributed by atoms with Crippen molar-refractivity contribution in [2.45, 2.75) is 13.0 Å². The van der Waals surface area contributed by atoms with Crippen molar-refractivity contribution >= 4 is 39.7 Å². The second kappa shape index (κ2) is 9.99. The van der Waals surface area contributed by atoms with Crippen LogP contribution in [0.5, 0.6) is 11.5 Å². The number of benzene rings is 2. The van der Waals surface area contributed by atoms with E-state index in [1.807, 2.05) is 18.2 Å². The first kappa shape index (κ1) is 20.0. The van der Waals surface area contributed by atoms with Crippen LogP contribution in [0.3, 0.4) is 0 Å². The second-order valence-electron chi connectivity index (χ2n) is 5.23. The lowest BCUT2D eigenvalue weighted by atomic mass is 10.2. The standard InChI is InChI=1S/C19H18BrClN2O3/c1-3-9-25-18-8-7-15(20)10-14(18)12-22-23-19(24)13(2)26-17-6-4-5-16(21)11-17/h3-8,10-13H,1,9H2,2H3,(H,23,24)/b22-12-/t13-/m0/s1. The summed E-state index contributed by atoms with van der Waals surface area (Å²) in [6.07, 6.45) is 2.43. The average molecular weight is 438 g/mol. The summed E-state index contributed by atoms with van der Waals surface area (Å²) in [5, 5.41) is 4.51. The molecule has 0 aromatic heterocycles. The molecule has 1 N–H and O–H groups in total. The van der Waals surface area contributed by atoms with Gasteiger partial charge in [0.15, 0.2) is 6.10 Å². The van der Waals surface area contributed by atoms with Crippen LogP contribution in [0.4, 0.5) is 0 Å². The molecule has 0 aliphatic heterocycles. The van der Waals surface area contributed by atoms with Crippen molar-refractivity contribution in [1.29, 1.82) is 0 Å². The maximum absolute atomic E-state index is 12.1. The molecule has 0 unspecified atom stereocenters. The lowest BCUT2D eigenvalue weighted by molar-refractivity contribution is -0.127. The number of carbonyl (C=O) groups is 1. The molecular weight excluding hydrogens is 420 g/mol. The van der Waals surface area contributed by atoms with Gasteiger partial charge in [0.05, 0.1) is 6.21 Å². The number of hydrazone groups is 1. The first-order valence-corrected chi connectivity index (χ1v) is 8.95. The van der Waals surface area contributed by atoms with E-state index in [9.17, 15) is 4.79 Å². The Bertz CT molecular complexity index is 811. The van der Waals surface area contributed by atoms with Crippen LogP contribution >= 0.6 is 27.5 Å². The number of hydrogen-bond acceptors (Lipinski definition) is 4. The first-order chi connectivity index (χ1) is 12.5. The van der Waals surface area contributed by atoms with E-state index in [0.29, 0.717) is 28.7 Å². The molecule has 136 valence electrons. The Hall–Kier alpha value is -2.31. The molecule has 5 nitrogen and oxygen atoms in total. The number of nitrogens with one attached hydrogen (secondary N) is 1. The third-order valence-electron chi connectivity index (χ3n) is 3.19. The van der Waals surface area contributed by atoms with Gasteiger partial charge < -0.3 is 9.47 Å². The highest BCUT2D eigenvalue weighted by Gasteiger charge is 2.14. The van der Waals surface area contributed by atoms with E-state index in [-0.39, 0.29) is 5.91 Å². The molecular formula is C19H18BrClN2O3. The van der Waals surface area contributed by atoms with Gasteiger partial charge in [-0.3, -0.25) is 4.79 Å². The number of nitrogens with zero attached hydrogens (tertiary/aromatic N) is 1. The molecule has 0 aliphatic rings. The minimum atomic E-state index is -0.732. The number of halogens is 2. The fourth-order valence-electron chi connectivity index (χ4n) is 1.95. The molecule has 0 radical (unpaired) electrons. The van der Waals surface area contributed by atoms with Gasteiger partial charge in [-0.05, 0) is 43.3 Å². The molecule has 0 saturated heterocycles. The van der Waals surface area contributed by atoms with Gasteiger partial charge in [-0.25, -0.2) is 5.43 Å². The van der Waals surface area contributed by atoms with Gasteiger partial charge in [0, 0.05) is 15.1 Å². The zero-order valence-electron chi connectivity index (χ0n) is 14.1. The van der Waals surface area contributed by atoms with Crippen molar-refractivity contribution in [3.05, 3.63) is 70.2 Å². The van der Waals surface area contributed by atoms with E-state index in [1.54, 1.807) is 37.3 Å². The van der Waals surface area contributed by atoms with E-state index in [1.165, 1.54) is 6.21 Å². The highest BCUT2D eigenvalue weighted by molar-refractivity contribution is 9.10. The van der Waals surface area contributed by atoms with Crippen LogP contribution in [0.15, 0.2) is 64.7 Å². The zero-order chi connectivity index (χ0) is 18.9. The number of amides is 1. The van der Waals surface area contributed by atoms with Crippen LogP contribution in [-0.2, 0) is 4.79 Å². The Morgan fingerprint density at radius 2 is 2.19 bits per heavy atom. The second-order valence-corrected chi connectivity index (χ2v) is 6.59. The third-order valence-corrected chi connectivity index (χ3v) is 3.91. The summed E-state index contributed by atoms with van der Waals surface area (Å²) in [4.78, 5) is 12.1. The molecule has 2 aromatic carbocycles. The van der Waals surface area contributed by atoms with Crippen molar-refractivity contribution in [3.63, 3.8) is 0 Å². The molecule has 1 atom stereocenters. The molecule has 0 fully saturated rings. The van der Waals surface area contributed by atoms with E-state index in [4.69, 9.17) is 21.1 Å². The number of rotatable bonds is 8. The van der Waals surface area contributed by atoms with Crippen molar-refractivity contribution in [2.75, 3.05) is 6.61 Å². The molecule has 0 bridgehead atoms. The van der Waals surface area contributed by atoms with E-state index in [2.05, 4.69) is 33.0 Å². The minimum absolute atomic E-state index is 0.374. The number of ether oxygens (including phenoxy) is 2. The molecule has 26 heavy (non-hydrogen) atoms. The van der Waals surface area contributed by atoms with Crippen LogP contribution < -0.4 is 14.9 Å². The Balaban J connectivity index is 1.97. The predicted molar refractivity (Wildman–Crippen MR) is 107 cm³/mol. The van der Waals surface area contributed by atoms with Gasteiger partial charge in [0.2, 0.25) is 0 Å². The number of carbonyl (C=O) groups excluding carboxylic acids is 1. The molecule has 0 saturated carbocycles. The van der Waals surface area contributed by atoms with E-state index >= 15 is 0 Å². The highest BCUT2D eigenvalue weighted by atomic mass is 79.9.